The monoisotopic (exact) mass is 405 g/mol. The van der Waals surface area contributed by atoms with Crippen molar-refractivity contribution in [3.8, 4) is 11.3 Å². The summed E-state index contributed by atoms with van der Waals surface area (Å²) in [5.74, 6) is -0.0585. The lowest BCUT2D eigenvalue weighted by Gasteiger charge is -2.24. The summed E-state index contributed by atoms with van der Waals surface area (Å²) in [5.41, 5.74) is 3.82. The van der Waals surface area contributed by atoms with Crippen LogP contribution in [-0.2, 0) is 16.0 Å². The Hall–Kier alpha value is -2.99. The van der Waals surface area contributed by atoms with Gasteiger partial charge in [0.05, 0.1) is 17.1 Å². The minimum absolute atomic E-state index is 0.0127. The highest BCUT2D eigenvalue weighted by Crippen LogP contribution is 2.25. The summed E-state index contributed by atoms with van der Waals surface area (Å²) in [6.07, 6.45) is 0.931. The Morgan fingerprint density at radius 1 is 1.17 bits per heavy atom. The number of likely N-dealkylation sites (N-methyl/N-ethyl adjacent to an activating group) is 1. The van der Waals surface area contributed by atoms with Crippen LogP contribution >= 0.6 is 11.3 Å². The Morgan fingerprint density at radius 3 is 2.55 bits per heavy atom. The largest absolute Gasteiger partial charge is 0.333 e. The molecule has 6 heteroatoms. The molecule has 1 aliphatic heterocycles. The van der Waals surface area contributed by atoms with E-state index in [-0.39, 0.29) is 18.2 Å². The van der Waals surface area contributed by atoms with Crippen LogP contribution in [0.1, 0.15) is 17.0 Å². The Morgan fingerprint density at radius 2 is 1.90 bits per heavy atom. The number of hydrogen-bond donors (Lipinski definition) is 0. The van der Waals surface area contributed by atoms with Gasteiger partial charge in [-0.1, -0.05) is 42.5 Å². The fourth-order valence-electron chi connectivity index (χ4n) is 3.65. The first kappa shape index (κ1) is 19.3. The van der Waals surface area contributed by atoms with E-state index < -0.39 is 6.04 Å². The second kappa shape index (κ2) is 8.17. The predicted octanol–water partition coefficient (Wildman–Crippen LogP) is 3.92. The van der Waals surface area contributed by atoms with E-state index in [0.717, 1.165) is 27.5 Å². The summed E-state index contributed by atoms with van der Waals surface area (Å²) < 4.78 is 0. The third-order valence-electron chi connectivity index (χ3n) is 5.33. The maximum atomic E-state index is 12.8. The van der Waals surface area contributed by atoms with Crippen LogP contribution in [0.5, 0.6) is 0 Å². The van der Waals surface area contributed by atoms with Crippen molar-refractivity contribution in [3.63, 3.8) is 0 Å². The molecule has 29 heavy (non-hydrogen) atoms. The Bertz CT molecular complexity index is 1010. The Balaban J connectivity index is 1.40. The van der Waals surface area contributed by atoms with Crippen molar-refractivity contribution in [2.24, 2.45) is 0 Å². The first-order valence-electron chi connectivity index (χ1n) is 9.66. The Labute approximate surface area is 174 Å². The number of para-hydroxylation sites is 1. The van der Waals surface area contributed by atoms with Gasteiger partial charge in [0.2, 0.25) is 11.8 Å². The van der Waals surface area contributed by atoms with E-state index in [1.54, 1.807) is 28.2 Å². The van der Waals surface area contributed by atoms with Gasteiger partial charge in [-0.15, -0.1) is 11.3 Å². The summed E-state index contributed by atoms with van der Waals surface area (Å²) in [4.78, 5) is 33.5. The Kier molecular flexibility index (Phi) is 5.45. The molecule has 2 amide bonds. The van der Waals surface area contributed by atoms with Gasteiger partial charge in [-0.3, -0.25) is 9.59 Å². The number of hydrogen-bond acceptors (Lipinski definition) is 4. The summed E-state index contributed by atoms with van der Waals surface area (Å²) in [5, 5.41) is 3.07. The average molecular weight is 406 g/mol. The number of carbonyl (C=O) groups excluding carboxylic acids is 2. The zero-order chi connectivity index (χ0) is 20.4. The molecule has 1 aliphatic rings. The molecule has 0 N–H and O–H groups in total. The maximum absolute atomic E-state index is 12.8. The first-order valence-corrected chi connectivity index (χ1v) is 10.5. The second-order valence-electron chi connectivity index (χ2n) is 7.26. The van der Waals surface area contributed by atoms with Crippen molar-refractivity contribution in [2.45, 2.75) is 25.8 Å². The lowest BCUT2D eigenvalue weighted by Crippen LogP contribution is -2.43. The van der Waals surface area contributed by atoms with E-state index in [9.17, 15) is 9.59 Å². The minimum Gasteiger partial charge on any atom is -0.333 e. The summed E-state index contributed by atoms with van der Waals surface area (Å²) in [6, 6.07) is 17.1. The molecular formula is C23H23N3O2S. The van der Waals surface area contributed by atoms with Crippen molar-refractivity contribution in [1.82, 2.24) is 9.88 Å². The molecule has 2 heterocycles. The van der Waals surface area contributed by atoms with Gasteiger partial charge in [0, 0.05) is 30.2 Å². The zero-order valence-corrected chi connectivity index (χ0v) is 17.4. The molecule has 5 nitrogen and oxygen atoms in total. The topological polar surface area (TPSA) is 53.5 Å². The van der Waals surface area contributed by atoms with Gasteiger partial charge in [-0.25, -0.2) is 4.98 Å². The fourth-order valence-corrected chi connectivity index (χ4v) is 4.27. The van der Waals surface area contributed by atoms with E-state index in [1.807, 2.05) is 66.9 Å². The summed E-state index contributed by atoms with van der Waals surface area (Å²) in [7, 11) is 1.73. The van der Waals surface area contributed by atoms with E-state index in [0.29, 0.717) is 13.0 Å². The number of benzene rings is 2. The van der Waals surface area contributed by atoms with Crippen molar-refractivity contribution in [2.75, 3.05) is 18.5 Å². The number of rotatable bonds is 5. The van der Waals surface area contributed by atoms with E-state index >= 15 is 0 Å². The highest BCUT2D eigenvalue weighted by atomic mass is 32.1. The van der Waals surface area contributed by atoms with Gasteiger partial charge < -0.3 is 9.80 Å². The third kappa shape index (κ3) is 4.07. The van der Waals surface area contributed by atoms with Gasteiger partial charge in [0.1, 0.15) is 6.04 Å². The van der Waals surface area contributed by atoms with Crippen LogP contribution in [-0.4, -0.2) is 41.3 Å². The number of aryl methyl sites for hydroxylation is 1. The minimum atomic E-state index is -0.403. The molecule has 4 rings (SSSR count). The molecule has 1 unspecified atom stereocenters. The standard InChI is InChI=1S/C23H23N3O2S/c1-16-24-20(15-29-16)18-10-8-17(9-11-18)14-22(27)25(2)21-12-13-26(23(21)28)19-6-4-3-5-7-19/h3-11,15,21H,12-14H2,1-2H3. The number of anilines is 1. The lowest BCUT2D eigenvalue weighted by atomic mass is 10.1. The molecule has 1 aromatic heterocycles. The normalized spacial score (nSPS) is 16.3. The molecular weight excluding hydrogens is 382 g/mol. The van der Waals surface area contributed by atoms with Crippen molar-refractivity contribution < 1.29 is 9.59 Å². The van der Waals surface area contributed by atoms with Crippen LogP contribution in [0.25, 0.3) is 11.3 Å². The van der Waals surface area contributed by atoms with Crippen molar-refractivity contribution in [1.29, 1.82) is 0 Å². The smallest absolute Gasteiger partial charge is 0.249 e. The molecule has 0 spiro atoms. The summed E-state index contributed by atoms with van der Waals surface area (Å²) in [6.45, 7) is 2.62. The SMILES string of the molecule is Cc1nc(-c2ccc(CC(=O)N(C)C3CCN(c4ccccc4)C3=O)cc2)cs1. The molecule has 0 radical (unpaired) electrons. The molecule has 1 saturated heterocycles. The van der Waals surface area contributed by atoms with Crippen LogP contribution in [0.2, 0.25) is 0 Å². The zero-order valence-electron chi connectivity index (χ0n) is 16.5. The second-order valence-corrected chi connectivity index (χ2v) is 8.32. The van der Waals surface area contributed by atoms with Crippen molar-refractivity contribution >= 4 is 28.8 Å². The van der Waals surface area contributed by atoms with Gasteiger partial charge in [-0.2, -0.15) is 0 Å². The third-order valence-corrected chi connectivity index (χ3v) is 6.10. The molecule has 2 aromatic carbocycles. The van der Waals surface area contributed by atoms with E-state index in [1.165, 1.54) is 0 Å². The highest BCUT2D eigenvalue weighted by molar-refractivity contribution is 7.09. The van der Waals surface area contributed by atoms with Gasteiger partial charge in [0.25, 0.3) is 0 Å². The highest BCUT2D eigenvalue weighted by Gasteiger charge is 2.36. The van der Waals surface area contributed by atoms with E-state index in [2.05, 4.69) is 4.98 Å². The molecule has 148 valence electrons. The van der Waals surface area contributed by atoms with Crippen LogP contribution < -0.4 is 4.90 Å². The maximum Gasteiger partial charge on any atom is 0.249 e. The lowest BCUT2D eigenvalue weighted by molar-refractivity contribution is -0.136. The van der Waals surface area contributed by atoms with Crippen LogP contribution in [0, 0.1) is 6.92 Å². The van der Waals surface area contributed by atoms with Gasteiger partial charge >= 0.3 is 0 Å². The van der Waals surface area contributed by atoms with Crippen LogP contribution in [0.4, 0.5) is 5.69 Å². The number of amides is 2. The van der Waals surface area contributed by atoms with E-state index in [4.69, 9.17) is 0 Å². The molecule has 3 aromatic rings. The molecule has 0 saturated carbocycles. The molecule has 1 atom stereocenters. The van der Waals surface area contributed by atoms with Crippen LogP contribution in [0.3, 0.4) is 0 Å². The number of thiazole rings is 1. The number of carbonyl (C=O) groups is 2. The van der Waals surface area contributed by atoms with Gasteiger partial charge in [-0.05, 0) is 31.0 Å². The van der Waals surface area contributed by atoms with Gasteiger partial charge in [0.15, 0.2) is 0 Å². The van der Waals surface area contributed by atoms with Crippen molar-refractivity contribution in [3.05, 3.63) is 70.5 Å². The predicted molar refractivity (Wildman–Crippen MR) is 116 cm³/mol. The number of aromatic nitrogens is 1. The summed E-state index contributed by atoms with van der Waals surface area (Å²) >= 11 is 1.62. The quantitative estimate of drug-likeness (QED) is 0.646. The fraction of sp³-hybridized carbons (Fsp3) is 0.261. The molecule has 1 fully saturated rings. The molecule has 0 aliphatic carbocycles. The molecule has 0 bridgehead atoms. The average Bonchev–Trinajstić information content (AvgIpc) is 3.34. The number of nitrogens with zero attached hydrogens (tertiary/aromatic N) is 3. The van der Waals surface area contributed by atoms with Crippen LogP contribution in [0.15, 0.2) is 60.0 Å². The first-order chi connectivity index (χ1) is 14.0.